The number of hydrogen-bond acceptors (Lipinski definition) is 1. The highest BCUT2D eigenvalue weighted by molar-refractivity contribution is 4.23. The van der Waals surface area contributed by atoms with Gasteiger partial charge in [0, 0.05) is 9.30 Å². The molecule has 0 aromatic heterocycles. The van der Waals surface area contributed by atoms with E-state index in [4.69, 9.17) is 10.6 Å². The number of aliphatic hydroxyl groups is 1. The van der Waals surface area contributed by atoms with E-state index in [0.29, 0.717) is 0 Å². The molecule has 1 nitrogen and oxygen atoms in total. The van der Waals surface area contributed by atoms with Crippen molar-refractivity contribution in [1.29, 1.82) is 0 Å². The first-order valence-corrected chi connectivity index (χ1v) is 1.53. The maximum absolute atomic E-state index is 8.50. The minimum Gasteiger partial charge on any atom is -0.396 e. The first kappa shape index (κ1) is 1.23. The molecular weight excluding hydrogens is 64.0 g/mol. The Kier molecular flexibility index (Phi) is 0.972. The van der Waals surface area contributed by atoms with Gasteiger partial charge >= 0.3 is 0 Å². The third-order valence-corrected chi connectivity index (χ3v) is 0.256. The second-order valence-electron chi connectivity index (χ2n) is 0.642. The van der Waals surface area contributed by atoms with Crippen LogP contribution < -0.4 is 0 Å². The number of hydrogen-bond donors (Lipinski definition) is 1. The lowest BCUT2D eigenvalue weighted by atomic mass is 10.4. The Balaban J connectivity index is 4.14. The van der Waals surface area contributed by atoms with Crippen molar-refractivity contribution in [2.24, 2.45) is 0 Å². The zero-order valence-corrected chi connectivity index (χ0v) is 3.15. The van der Waals surface area contributed by atoms with Crippen LogP contribution in [0.15, 0.2) is 0 Å². The Labute approximate surface area is 38.2 Å². The van der Waals surface area contributed by atoms with Crippen LogP contribution in [0.5, 0.6) is 0 Å². The third-order valence-electron chi connectivity index (χ3n) is 0.256. The average molecular weight is 78.1 g/mol. The fourth-order valence-corrected chi connectivity index (χ4v) is 0.0791. The monoisotopic (exact) mass is 78.1 g/mol. The van der Waals surface area contributed by atoms with Gasteiger partial charge in [-0.15, -0.1) is 0 Å². The molecule has 0 aliphatic rings. The summed E-state index contributed by atoms with van der Waals surface area (Å²) in [5, 5.41) is 8.50. The van der Waals surface area contributed by atoms with E-state index >= 15 is 0 Å². The van der Waals surface area contributed by atoms with Gasteiger partial charge in [-0.3, -0.25) is 0 Å². The SMILES string of the molecule is [2H]C([2H])(O)C([2H])([2H])CC. The molecule has 0 saturated heterocycles. The smallest absolute Gasteiger partial charge is 0.0564 e. The lowest BCUT2D eigenvalue weighted by Crippen LogP contribution is -1.75. The lowest BCUT2D eigenvalue weighted by Gasteiger charge is -1.79. The van der Waals surface area contributed by atoms with Crippen LogP contribution in [0, 0.1) is 0 Å². The molecule has 5 heavy (non-hydrogen) atoms. The molecule has 0 spiro atoms. The average Bonchev–Trinajstić information content (AvgIpc) is 1.64. The van der Waals surface area contributed by atoms with Crippen molar-refractivity contribution >= 4 is 0 Å². The van der Waals surface area contributed by atoms with Gasteiger partial charge in [0.05, 0.1) is 2.74 Å². The summed E-state index contributed by atoms with van der Waals surface area (Å²) in [5.41, 5.74) is 0. The Bertz CT molecular complexity index is 95.2. The summed E-state index contributed by atoms with van der Waals surface area (Å²) in [7, 11) is 0. The molecule has 0 atom stereocenters. The van der Waals surface area contributed by atoms with E-state index in [9.17, 15) is 0 Å². The predicted octanol–water partition coefficient (Wildman–Crippen LogP) is 0.779. The fourth-order valence-electron chi connectivity index (χ4n) is 0.0791. The second kappa shape index (κ2) is 3.96. The minimum absolute atomic E-state index is 0.0312. The van der Waals surface area contributed by atoms with E-state index in [1.807, 2.05) is 0 Å². The summed E-state index contributed by atoms with van der Waals surface area (Å²) in [6.07, 6.45) is -2.16. The van der Waals surface area contributed by atoms with Crippen LogP contribution in [0.25, 0.3) is 0 Å². The van der Waals surface area contributed by atoms with E-state index in [1.54, 1.807) is 0 Å². The van der Waals surface area contributed by atoms with E-state index in [-0.39, 0.29) is 6.42 Å². The molecule has 0 saturated carbocycles. The van der Waals surface area contributed by atoms with Crippen molar-refractivity contribution in [2.45, 2.75) is 19.7 Å². The van der Waals surface area contributed by atoms with Crippen molar-refractivity contribution in [3.05, 3.63) is 0 Å². The van der Waals surface area contributed by atoms with Gasteiger partial charge in [0.1, 0.15) is 0 Å². The normalized spacial score (nSPS) is 26.0. The Morgan fingerprint density at radius 2 is 2.60 bits per heavy atom. The van der Waals surface area contributed by atoms with Gasteiger partial charge in [-0.25, -0.2) is 0 Å². The quantitative estimate of drug-likeness (QED) is 0.517. The minimum atomic E-state index is -2.72. The van der Waals surface area contributed by atoms with Gasteiger partial charge in [0.15, 0.2) is 0 Å². The van der Waals surface area contributed by atoms with Crippen LogP contribution in [0.3, 0.4) is 0 Å². The largest absolute Gasteiger partial charge is 0.396 e. The first-order chi connectivity index (χ1) is 3.81. The van der Waals surface area contributed by atoms with Crippen molar-refractivity contribution in [3.8, 4) is 0 Å². The molecule has 0 heterocycles. The molecule has 0 radical (unpaired) electrons. The maximum atomic E-state index is 8.50. The zero-order chi connectivity index (χ0) is 7.71. The molecule has 0 rings (SSSR count). The topological polar surface area (TPSA) is 20.2 Å². The first-order valence-electron chi connectivity index (χ1n) is 3.53. The highest BCUT2D eigenvalue weighted by Crippen LogP contribution is 1.78. The molecule has 0 bridgehead atoms. The fraction of sp³-hybridized carbons (Fsp3) is 1.00. The van der Waals surface area contributed by atoms with Gasteiger partial charge in [0.25, 0.3) is 0 Å². The summed E-state index contributed by atoms with van der Waals surface area (Å²) in [5.74, 6) is 0. The van der Waals surface area contributed by atoms with E-state index in [1.165, 1.54) is 6.92 Å². The molecule has 0 aliphatic heterocycles. The van der Waals surface area contributed by atoms with Crippen molar-refractivity contribution in [3.63, 3.8) is 0 Å². The Morgan fingerprint density at radius 1 is 2.00 bits per heavy atom. The van der Waals surface area contributed by atoms with Gasteiger partial charge in [-0.1, -0.05) is 13.3 Å². The molecule has 0 aromatic rings. The Hall–Kier alpha value is -0.0400. The summed E-state index contributed by atoms with van der Waals surface area (Å²) < 4.78 is 26.9. The lowest BCUT2D eigenvalue weighted by molar-refractivity contribution is 0.287. The van der Waals surface area contributed by atoms with Crippen LogP contribution in [0.1, 0.15) is 25.2 Å². The molecule has 1 N–H and O–H groups in total. The van der Waals surface area contributed by atoms with Crippen LogP contribution in [0.2, 0.25) is 0 Å². The van der Waals surface area contributed by atoms with Gasteiger partial charge in [-0.05, 0) is 6.37 Å². The third kappa shape index (κ3) is 3.96. The summed E-state index contributed by atoms with van der Waals surface area (Å²) >= 11 is 0. The van der Waals surface area contributed by atoms with E-state index in [2.05, 4.69) is 0 Å². The summed E-state index contributed by atoms with van der Waals surface area (Å²) in [4.78, 5) is 0. The number of rotatable bonds is 2. The molecule has 0 fully saturated rings. The molecule has 0 aromatic carbocycles. The molecule has 0 amide bonds. The van der Waals surface area contributed by atoms with Gasteiger partial charge < -0.3 is 5.11 Å². The van der Waals surface area contributed by atoms with Gasteiger partial charge in [-0.2, -0.15) is 0 Å². The highest BCUT2D eigenvalue weighted by atomic mass is 16.2. The van der Waals surface area contributed by atoms with Crippen molar-refractivity contribution < 1.29 is 10.6 Å². The van der Waals surface area contributed by atoms with Crippen LogP contribution >= 0.6 is 0 Å². The predicted molar refractivity (Wildman–Crippen MR) is 22.0 cm³/mol. The molecule has 1 heteroatoms. The zero-order valence-electron chi connectivity index (χ0n) is 7.15. The van der Waals surface area contributed by atoms with Gasteiger partial charge in [0.2, 0.25) is 0 Å². The van der Waals surface area contributed by atoms with Crippen molar-refractivity contribution in [2.75, 3.05) is 6.56 Å². The summed E-state index contributed by atoms with van der Waals surface area (Å²) in [6.45, 7) is -1.24. The molecule has 0 unspecified atom stereocenters. The second-order valence-corrected chi connectivity index (χ2v) is 0.642. The standard InChI is InChI=1S/C4H10O/c1-2-3-4-5/h5H,2-4H2,1H3/i3D2,4D2. The summed E-state index contributed by atoms with van der Waals surface area (Å²) in [6, 6.07) is 0. The molecule has 0 aliphatic carbocycles. The van der Waals surface area contributed by atoms with E-state index in [0.717, 1.165) is 0 Å². The molecular formula is C4H10O. The Morgan fingerprint density at radius 3 is 2.60 bits per heavy atom. The maximum Gasteiger partial charge on any atom is 0.0564 e. The molecule has 32 valence electrons. The van der Waals surface area contributed by atoms with Crippen molar-refractivity contribution in [1.82, 2.24) is 0 Å². The van der Waals surface area contributed by atoms with E-state index < -0.39 is 12.9 Å². The van der Waals surface area contributed by atoms with Crippen LogP contribution in [0.4, 0.5) is 0 Å². The highest BCUT2D eigenvalue weighted by Gasteiger charge is 1.69. The van der Waals surface area contributed by atoms with Crippen LogP contribution in [-0.2, 0) is 0 Å². The van der Waals surface area contributed by atoms with Crippen LogP contribution in [-0.4, -0.2) is 11.7 Å².